The molecule has 1 aromatic heterocycles. The van der Waals surface area contributed by atoms with E-state index in [1.165, 1.54) is 23.9 Å². The third kappa shape index (κ3) is 3.28. The van der Waals surface area contributed by atoms with E-state index in [0.717, 1.165) is 14.4 Å². The van der Waals surface area contributed by atoms with Crippen molar-refractivity contribution in [2.24, 2.45) is 0 Å². The van der Waals surface area contributed by atoms with Gasteiger partial charge in [-0.05, 0) is 51.8 Å². The molecule has 0 saturated heterocycles. The first-order valence-electron chi connectivity index (χ1n) is 4.88. The van der Waals surface area contributed by atoms with E-state index >= 15 is 0 Å². The summed E-state index contributed by atoms with van der Waals surface area (Å²) in [6.45, 7) is -0.184. The molecule has 0 saturated carbocycles. The van der Waals surface area contributed by atoms with Crippen LogP contribution >= 0.6 is 27.7 Å². The summed E-state index contributed by atoms with van der Waals surface area (Å²) in [4.78, 5) is 5.02. The highest BCUT2D eigenvalue weighted by Gasteiger charge is 2.06. The Morgan fingerprint density at radius 2 is 2.12 bits per heavy atom. The molecule has 1 heterocycles. The van der Waals surface area contributed by atoms with Crippen LogP contribution in [0.1, 0.15) is 5.56 Å². The van der Waals surface area contributed by atoms with Gasteiger partial charge < -0.3 is 5.11 Å². The molecular weight excluding hydrogens is 305 g/mol. The lowest BCUT2D eigenvalue weighted by molar-refractivity contribution is 0.278. The Morgan fingerprint density at radius 1 is 1.29 bits per heavy atom. The smallest absolute Gasteiger partial charge is 0.123 e. The number of nitrogens with zero attached hydrogens (tertiary/aromatic N) is 1. The summed E-state index contributed by atoms with van der Waals surface area (Å²) in [6.07, 6.45) is 1.70. The predicted octanol–water partition coefficient (Wildman–Crippen LogP) is 3.63. The summed E-state index contributed by atoms with van der Waals surface area (Å²) < 4.78 is 13.9. The number of aromatic nitrogens is 1. The van der Waals surface area contributed by atoms with Crippen LogP contribution in [0, 0.1) is 5.82 Å². The molecule has 0 bridgehead atoms. The lowest BCUT2D eigenvalue weighted by Crippen LogP contribution is -1.90. The number of benzene rings is 1. The highest BCUT2D eigenvalue weighted by atomic mass is 79.9. The van der Waals surface area contributed by atoms with Gasteiger partial charge in [-0.2, -0.15) is 0 Å². The van der Waals surface area contributed by atoms with Crippen LogP contribution in [0.4, 0.5) is 4.39 Å². The Bertz CT molecular complexity index is 518. The Labute approximate surface area is 111 Å². The van der Waals surface area contributed by atoms with Gasteiger partial charge in [0.25, 0.3) is 0 Å². The van der Waals surface area contributed by atoms with Gasteiger partial charge in [0.1, 0.15) is 10.8 Å². The fraction of sp³-hybridized carbons (Fsp3) is 0.0833. The van der Waals surface area contributed by atoms with Crippen LogP contribution in [0.3, 0.4) is 0 Å². The summed E-state index contributed by atoms with van der Waals surface area (Å²) in [5, 5.41) is 9.96. The number of aliphatic hydroxyl groups is 1. The highest BCUT2D eigenvalue weighted by Crippen LogP contribution is 2.30. The topological polar surface area (TPSA) is 33.1 Å². The molecular formula is C12H9BrFNOS. The standard InChI is InChI=1S/C12H9BrFNOS/c13-9-1-4-12(15-6-9)17-11-3-2-10(14)5-8(11)7-16/h1-6,16H,7H2. The minimum atomic E-state index is -0.345. The van der Waals surface area contributed by atoms with E-state index in [1.54, 1.807) is 12.3 Å². The first kappa shape index (κ1) is 12.5. The zero-order valence-electron chi connectivity index (χ0n) is 8.73. The fourth-order valence-electron chi connectivity index (χ4n) is 1.31. The molecule has 0 aliphatic rings. The van der Waals surface area contributed by atoms with Gasteiger partial charge in [-0.3, -0.25) is 0 Å². The van der Waals surface area contributed by atoms with Crippen LogP contribution in [0.5, 0.6) is 0 Å². The van der Waals surface area contributed by atoms with Crippen LogP contribution in [0.25, 0.3) is 0 Å². The average Bonchev–Trinajstić information content (AvgIpc) is 2.34. The number of hydrogen-bond acceptors (Lipinski definition) is 3. The SMILES string of the molecule is OCc1cc(F)ccc1Sc1ccc(Br)cn1. The van der Waals surface area contributed by atoms with Crippen molar-refractivity contribution in [3.05, 3.63) is 52.4 Å². The van der Waals surface area contributed by atoms with Crippen LogP contribution in [-0.2, 0) is 6.61 Å². The summed E-state index contributed by atoms with van der Waals surface area (Å²) >= 11 is 4.70. The zero-order valence-corrected chi connectivity index (χ0v) is 11.1. The predicted molar refractivity (Wildman–Crippen MR) is 68.4 cm³/mol. The molecule has 0 unspecified atom stereocenters. The Hall–Kier alpha value is -0.910. The first-order valence-corrected chi connectivity index (χ1v) is 6.48. The minimum absolute atomic E-state index is 0.184. The largest absolute Gasteiger partial charge is 0.392 e. The van der Waals surface area contributed by atoms with Gasteiger partial charge in [-0.25, -0.2) is 9.37 Å². The van der Waals surface area contributed by atoms with Crippen molar-refractivity contribution in [2.75, 3.05) is 0 Å². The summed E-state index contributed by atoms with van der Waals surface area (Å²) in [7, 11) is 0. The van der Waals surface area contributed by atoms with Crippen molar-refractivity contribution in [3.63, 3.8) is 0 Å². The molecule has 88 valence electrons. The van der Waals surface area contributed by atoms with E-state index in [0.29, 0.717) is 5.56 Å². The van der Waals surface area contributed by atoms with E-state index < -0.39 is 0 Å². The van der Waals surface area contributed by atoms with E-state index in [1.807, 2.05) is 12.1 Å². The van der Waals surface area contributed by atoms with Gasteiger partial charge >= 0.3 is 0 Å². The van der Waals surface area contributed by atoms with E-state index in [4.69, 9.17) is 5.11 Å². The number of rotatable bonds is 3. The maximum absolute atomic E-state index is 13.0. The number of pyridine rings is 1. The third-order valence-corrected chi connectivity index (χ3v) is 3.65. The molecule has 2 rings (SSSR count). The van der Waals surface area contributed by atoms with Crippen molar-refractivity contribution in [2.45, 2.75) is 16.5 Å². The monoisotopic (exact) mass is 313 g/mol. The molecule has 0 fully saturated rings. The molecule has 0 spiro atoms. The molecule has 1 aromatic carbocycles. The molecule has 2 nitrogen and oxygen atoms in total. The van der Waals surface area contributed by atoms with Crippen LogP contribution in [-0.4, -0.2) is 10.1 Å². The second-order valence-corrected chi connectivity index (χ2v) is 5.30. The maximum atomic E-state index is 13.0. The van der Waals surface area contributed by atoms with Gasteiger partial charge in [0.15, 0.2) is 0 Å². The van der Waals surface area contributed by atoms with Gasteiger partial charge in [-0.15, -0.1) is 0 Å². The van der Waals surface area contributed by atoms with E-state index in [9.17, 15) is 4.39 Å². The molecule has 2 aromatic rings. The molecule has 0 amide bonds. The fourth-order valence-corrected chi connectivity index (χ4v) is 2.40. The zero-order chi connectivity index (χ0) is 12.3. The number of hydrogen-bond donors (Lipinski definition) is 1. The van der Waals surface area contributed by atoms with E-state index in [2.05, 4.69) is 20.9 Å². The van der Waals surface area contributed by atoms with Crippen molar-refractivity contribution >= 4 is 27.7 Å². The second-order valence-electron chi connectivity index (χ2n) is 3.33. The van der Waals surface area contributed by atoms with Crippen LogP contribution < -0.4 is 0 Å². The third-order valence-electron chi connectivity index (χ3n) is 2.11. The number of aliphatic hydroxyl groups excluding tert-OH is 1. The van der Waals surface area contributed by atoms with E-state index in [-0.39, 0.29) is 12.4 Å². The molecule has 5 heteroatoms. The van der Waals surface area contributed by atoms with Crippen LogP contribution in [0.2, 0.25) is 0 Å². The van der Waals surface area contributed by atoms with Crippen molar-refractivity contribution < 1.29 is 9.50 Å². The van der Waals surface area contributed by atoms with Gasteiger partial charge in [0.05, 0.1) is 6.61 Å². The minimum Gasteiger partial charge on any atom is -0.392 e. The molecule has 0 radical (unpaired) electrons. The lowest BCUT2D eigenvalue weighted by atomic mass is 10.2. The molecule has 0 aliphatic heterocycles. The first-order chi connectivity index (χ1) is 8.19. The molecule has 1 N–H and O–H groups in total. The lowest BCUT2D eigenvalue weighted by Gasteiger charge is -2.06. The quantitative estimate of drug-likeness (QED) is 0.939. The summed E-state index contributed by atoms with van der Waals surface area (Å²) in [5.41, 5.74) is 0.569. The average molecular weight is 314 g/mol. The Balaban J connectivity index is 2.26. The van der Waals surface area contributed by atoms with Crippen molar-refractivity contribution in [3.8, 4) is 0 Å². The second kappa shape index (κ2) is 5.62. The highest BCUT2D eigenvalue weighted by molar-refractivity contribution is 9.10. The van der Waals surface area contributed by atoms with Gasteiger partial charge in [-0.1, -0.05) is 11.8 Å². The maximum Gasteiger partial charge on any atom is 0.123 e. The van der Waals surface area contributed by atoms with Crippen molar-refractivity contribution in [1.29, 1.82) is 0 Å². The van der Waals surface area contributed by atoms with Crippen molar-refractivity contribution in [1.82, 2.24) is 4.98 Å². The van der Waals surface area contributed by atoms with Gasteiger partial charge in [0.2, 0.25) is 0 Å². The molecule has 0 atom stereocenters. The van der Waals surface area contributed by atoms with Gasteiger partial charge in [0, 0.05) is 15.6 Å². The normalized spacial score (nSPS) is 10.5. The van der Waals surface area contributed by atoms with Crippen LogP contribution in [0.15, 0.2) is 50.9 Å². The summed E-state index contributed by atoms with van der Waals surface area (Å²) in [6, 6.07) is 8.10. The Morgan fingerprint density at radius 3 is 2.76 bits per heavy atom. The summed E-state index contributed by atoms with van der Waals surface area (Å²) in [5.74, 6) is -0.345. The molecule has 0 aliphatic carbocycles. The number of halogens is 2. The molecule has 17 heavy (non-hydrogen) atoms. The Kier molecular flexibility index (Phi) is 4.15.